The van der Waals surface area contributed by atoms with E-state index in [1.165, 1.54) is 0 Å². The first kappa shape index (κ1) is 13.3. The highest BCUT2D eigenvalue weighted by Crippen LogP contribution is 2.27. The molecule has 0 heterocycles. The summed E-state index contributed by atoms with van der Waals surface area (Å²) in [5, 5.41) is 21.3. The summed E-state index contributed by atoms with van der Waals surface area (Å²) >= 11 is 16.1. The highest BCUT2D eigenvalue weighted by Gasteiger charge is 2.37. The van der Waals surface area contributed by atoms with Crippen LogP contribution in [-0.2, 0) is 4.79 Å². The number of hydrogen-bond donors (Lipinski definition) is 3. The molecule has 3 atom stereocenters. The summed E-state index contributed by atoms with van der Waals surface area (Å²) in [5.74, 6) is -0.786. The molecule has 0 saturated heterocycles. The molecular weight excluding hydrogens is 264 g/mol. The van der Waals surface area contributed by atoms with Gasteiger partial charge in [-0.15, -0.1) is 0 Å². The van der Waals surface area contributed by atoms with Gasteiger partial charge in [0.2, 0.25) is 0 Å². The second-order valence-corrected chi connectivity index (χ2v) is 5.85. The van der Waals surface area contributed by atoms with Crippen LogP contribution >= 0.6 is 34.8 Å². The van der Waals surface area contributed by atoms with Crippen LogP contribution in [0.3, 0.4) is 0 Å². The van der Waals surface area contributed by atoms with E-state index in [4.69, 9.17) is 34.8 Å². The molecule has 4 nitrogen and oxygen atoms in total. The Bertz CT molecular complexity index is 244. The van der Waals surface area contributed by atoms with E-state index in [1.54, 1.807) is 0 Å². The van der Waals surface area contributed by atoms with Crippen LogP contribution < -0.4 is 5.32 Å². The number of carbonyl (C=O) groups is 1. The SMILES string of the molecule is O=C(N[C@H]1CCC[C@H](O)[C@H]1O)C(Cl)(Cl)Cl. The predicted octanol–water partition coefficient (Wildman–Crippen LogP) is 0.747. The molecule has 0 aromatic rings. The van der Waals surface area contributed by atoms with E-state index >= 15 is 0 Å². The van der Waals surface area contributed by atoms with Gasteiger partial charge >= 0.3 is 0 Å². The van der Waals surface area contributed by atoms with Crippen LogP contribution in [-0.4, -0.2) is 38.2 Å². The van der Waals surface area contributed by atoms with Crippen molar-refractivity contribution in [3.05, 3.63) is 0 Å². The van der Waals surface area contributed by atoms with Crippen molar-refractivity contribution in [2.24, 2.45) is 0 Å². The average Bonchev–Trinajstić information content (AvgIpc) is 2.11. The zero-order valence-electron chi connectivity index (χ0n) is 7.79. The lowest BCUT2D eigenvalue weighted by molar-refractivity contribution is -0.123. The molecular formula is C8H12Cl3NO3. The van der Waals surface area contributed by atoms with Gasteiger partial charge in [-0.25, -0.2) is 0 Å². The Labute approximate surface area is 102 Å². The number of aliphatic hydroxyl groups excluding tert-OH is 2. The lowest BCUT2D eigenvalue weighted by atomic mass is 9.90. The van der Waals surface area contributed by atoms with E-state index in [2.05, 4.69) is 5.32 Å². The third-order valence-electron chi connectivity index (χ3n) is 2.40. The van der Waals surface area contributed by atoms with Gasteiger partial charge in [0.1, 0.15) is 0 Å². The summed E-state index contributed by atoms with van der Waals surface area (Å²) in [5.41, 5.74) is 0. The number of amides is 1. The molecule has 1 fully saturated rings. The molecule has 7 heteroatoms. The first-order valence-electron chi connectivity index (χ1n) is 4.56. The Hall–Kier alpha value is 0.260. The summed E-state index contributed by atoms with van der Waals surface area (Å²) in [6.07, 6.45) is -0.0517. The van der Waals surface area contributed by atoms with Crippen molar-refractivity contribution < 1.29 is 15.0 Å². The summed E-state index contributed by atoms with van der Waals surface area (Å²) in [4.78, 5) is 11.3. The van der Waals surface area contributed by atoms with Gasteiger partial charge in [0.05, 0.1) is 18.2 Å². The quantitative estimate of drug-likeness (QED) is 0.619. The Morgan fingerprint density at radius 1 is 1.27 bits per heavy atom. The molecule has 0 unspecified atom stereocenters. The van der Waals surface area contributed by atoms with Crippen molar-refractivity contribution in [3.8, 4) is 0 Å². The first-order valence-corrected chi connectivity index (χ1v) is 5.69. The summed E-state index contributed by atoms with van der Waals surface area (Å²) in [7, 11) is 0. The largest absolute Gasteiger partial charge is 0.390 e. The van der Waals surface area contributed by atoms with E-state index in [9.17, 15) is 15.0 Å². The zero-order chi connectivity index (χ0) is 11.6. The molecule has 1 saturated carbocycles. The van der Waals surface area contributed by atoms with Gasteiger partial charge in [-0.2, -0.15) is 0 Å². The van der Waals surface area contributed by atoms with Gasteiger partial charge in [0.15, 0.2) is 0 Å². The van der Waals surface area contributed by atoms with Gasteiger partial charge in [-0.3, -0.25) is 4.79 Å². The van der Waals surface area contributed by atoms with Gasteiger partial charge in [-0.05, 0) is 19.3 Å². The van der Waals surface area contributed by atoms with E-state index < -0.39 is 27.9 Å². The summed E-state index contributed by atoms with van der Waals surface area (Å²) < 4.78 is -2.04. The van der Waals surface area contributed by atoms with Crippen LogP contribution in [0.1, 0.15) is 19.3 Å². The van der Waals surface area contributed by atoms with Crippen LogP contribution in [0.5, 0.6) is 0 Å². The van der Waals surface area contributed by atoms with E-state index in [0.29, 0.717) is 19.3 Å². The predicted molar refractivity (Wildman–Crippen MR) is 58.1 cm³/mol. The van der Waals surface area contributed by atoms with Gasteiger partial charge in [0, 0.05) is 0 Å². The third-order valence-corrected chi connectivity index (χ3v) is 2.91. The van der Waals surface area contributed by atoms with Gasteiger partial charge in [0.25, 0.3) is 9.70 Å². The summed E-state index contributed by atoms with van der Waals surface area (Å²) in [6, 6.07) is -0.558. The second-order valence-electron chi connectivity index (χ2n) is 3.57. The Morgan fingerprint density at radius 2 is 1.87 bits per heavy atom. The molecule has 88 valence electrons. The number of aliphatic hydroxyl groups is 2. The molecule has 0 bridgehead atoms. The highest BCUT2D eigenvalue weighted by atomic mass is 35.6. The van der Waals surface area contributed by atoms with Crippen molar-refractivity contribution in [1.29, 1.82) is 0 Å². The fourth-order valence-corrected chi connectivity index (χ4v) is 1.73. The molecule has 0 aliphatic heterocycles. The first-order chi connectivity index (χ1) is 6.82. The summed E-state index contributed by atoms with van der Waals surface area (Å²) in [6.45, 7) is 0. The number of halogens is 3. The van der Waals surface area contributed by atoms with Crippen LogP contribution in [0.2, 0.25) is 0 Å². The van der Waals surface area contributed by atoms with Crippen LogP contribution in [0.15, 0.2) is 0 Å². The van der Waals surface area contributed by atoms with Crippen molar-refractivity contribution in [1.82, 2.24) is 5.32 Å². The maximum atomic E-state index is 11.3. The molecule has 0 radical (unpaired) electrons. The number of alkyl halides is 3. The number of carbonyl (C=O) groups excluding carboxylic acids is 1. The molecule has 0 aromatic heterocycles. The van der Waals surface area contributed by atoms with E-state index in [-0.39, 0.29) is 0 Å². The minimum absolute atomic E-state index is 0.515. The van der Waals surface area contributed by atoms with Crippen molar-refractivity contribution in [2.75, 3.05) is 0 Å². The Balaban J connectivity index is 2.54. The van der Waals surface area contributed by atoms with E-state index in [0.717, 1.165) is 0 Å². The molecule has 1 aliphatic carbocycles. The normalized spacial score (nSPS) is 32.5. The van der Waals surface area contributed by atoms with E-state index in [1.807, 2.05) is 0 Å². The molecule has 0 spiro atoms. The van der Waals surface area contributed by atoms with Crippen LogP contribution in [0.25, 0.3) is 0 Å². The van der Waals surface area contributed by atoms with Crippen molar-refractivity contribution in [3.63, 3.8) is 0 Å². The van der Waals surface area contributed by atoms with Crippen LogP contribution in [0, 0.1) is 0 Å². The highest BCUT2D eigenvalue weighted by molar-refractivity contribution is 6.76. The molecule has 1 amide bonds. The third kappa shape index (κ3) is 3.64. The Kier molecular flexibility index (Phi) is 4.50. The standard InChI is InChI=1S/C8H12Cl3NO3/c9-8(10,11)7(15)12-4-2-1-3-5(13)6(4)14/h4-6,13-14H,1-3H2,(H,12,15)/t4-,5-,6-/m0/s1. The smallest absolute Gasteiger partial charge is 0.272 e. The fraction of sp³-hybridized carbons (Fsp3) is 0.875. The molecule has 0 aromatic carbocycles. The van der Waals surface area contributed by atoms with Crippen molar-refractivity contribution in [2.45, 2.75) is 41.3 Å². The maximum absolute atomic E-state index is 11.3. The van der Waals surface area contributed by atoms with Gasteiger partial charge < -0.3 is 15.5 Å². The molecule has 1 aliphatic rings. The molecule has 3 N–H and O–H groups in total. The fourth-order valence-electron chi connectivity index (χ4n) is 1.56. The number of rotatable bonds is 1. The average molecular weight is 277 g/mol. The number of nitrogens with one attached hydrogen (secondary N) is 1. The molecule has 1 rings (SSSR count). The number of hydrogen-bond acceptors (Lipinski definition) is 3. The minimum atomic E-state index is -2.04. The van der Waals surface area contributed by atoms with Gasteiger partial charge in [-0.1, -0.05) is 34.8 Å². The van der Waals surface area contributed by atoms with Crippen LogP contribution in [0.4, 0.5) is 0 Å². The Morgan fingerprint density at radius 3 is 2.40 bits per heavy atom. The second kappa shape index (κ2) is 5.06. The lowest BCUT2D eigenvalue weighted by Crippen LogP contribution is -2.53. The zero-order valence-corrected chi connectivity index (χ0v) is 10.1. The lowest BCUT2D eigenvalue weighted by Gasteiger charge is -2.32. The monoisotopic (exact) mass is 275 g/mol. The topological polar surface area (TPSA) is 69.6 Å². The minimum Gasteiger partial charge on any atom is -0.390 e. The molecule has 15 heavy (non-hydrogen) atoms. The maximum Gasteiger partial charge on any atom is 0.272 e. The van der Waals surface area contributed by atoms with Crippen molar-refractivity contribution >= 4 is 40.7 Å².